The van der Waals surface area contributed by atoms with E-state index in [9.17, 15) is 81.0 Å². The van der Waals surface area contributed by atoms with E-state index in [1.54, 1.807) is 18.6 Å². The molecule has 4 amide bonds. The number of anilines is 6. The number of rotatable bonds is 15. The van der Waals surface area contributed by atoms with Gasteiger partial charge in [0.05, 0.1) is 89.1 Å². The molecule has 18 N–H and O–H groups in total. The van der Waals surface area contributed by atoms with Gasteiger partial charge in [-0.05, 0) is 44.9 Å². The molecule has 0 spiro atoms. The number of carbonyl (C=O) groups excluding carboxylic acids is 4. The van der Waals surface area contributed by atoms with Gasteiger partial charge in [-0.2, -0.15) is 43.2 Å². The summed E-state index contributed by atoms with van der Waals surface area (Å²) in [5.74, 6) is -2.59. The number of pyridine rings is 4. The smallest absolute Gasteiger partial charge is 0.493 e. The number of aliphatic hydroxyl groups excluding tert-OH is 2. The lowest BCUT2D eigenvalue weighted by Crippen LogP contribution is -2.36. The summed E-state index contributed by atoms with van der Waals surface area (Å²) in [6.07, 6.45) is 6.56. The van der Waals surface area contributed by atoms with Gasteiger partial charge < -0.3 is 79.0 Å². The molecular formula is C49H54F6N14O15S9. The molecule has 0 radical (unpaired) electrons. The summed E-state index contributed by atoms with van der Waals surface area (Å²) >= 11 is 4.71. The van der Waals surface area contributed by atoms with Gasteiger partial charge in [0, 0.05) is 67.2 Å². The highest BCUT2D eigenvalue weighted by molar-refractivity contribution is 7.98. The van der Waals surface area contributed by atoms with E-state index in [2.05, 4.69) is 33.2 Å². The molecule has 2 aliphatic rings. The van der Waals surface area contributed by atoms with Crippen LogP contribution in [-0.4, -0.2) is 154 Å². The Morgan fingerprint density at radius 1 is 0.570 bits per heavy atom. The van der Waals surface area contributed by atoms with Gasteiger partial charge >= 0.3 is 31.3 Å². The minimum atomic E-state index is -5.96. The Bertz CT molecular complexity index is 4530. The van der Waals surface area contributed by atoms with E-state index in [1.807, 2.05) is 17.9 Å². The van der Waals surface area contributed by atoms with Crippen molar-refractivity contribution in [2.45, 2.75) is 70.5 Å². The van der Waals surface area contributed by atoms with Crippen LogP contribution in [-0.2, 0) is 41.8 Å². The fourth-order valence-electron chi connectivity index (χ4n) is 8.81. The molecule has 2 unspecified atom stereocenters. The largest absolute Gasteiger partial charge is 0.534 e. The number of ether oxygens (including phenoxy) is 1. The standard InChI is InChI=1S/C15H20N4O3S.C14H18N4O3S2.C10H8F3N3O5S3.C10H8F3N3O4S3/c1-2-22-9-7-10(19-5-3-8(20)4-6-19)18-15-11(9)12(16)13(23-15)14(17)21;1-23(21)8-6-9(18-4-2-7(19)3-5-18)17-14-10(8)11(15)12(22-14)13(16)20;1-23(18)3-2-4(21-24(19,20)10(11,12)13)16-9-5(3)6(14)7(22-9)8(15)17;1-21-3-2-4(20-23(18,19)10(11,12)13)16-9-5(3)6(14)7(22-9)8(15)17/h7-8,20H,2-6,16H2,1H3,(H2,17,21);6-7,19H,2-5,15H2,1H3,(H2,16,20);2H,14H2,1H3,(H2,15,17);2H,14H2,1H3,(H2,15,17). The summed E-state index contributed by atoms with van der Waals surface area (Å²) in [6.45, 7) is 5.20. The number of aromatic nitrogens is 4. The fourth-order valence-corrected chi connectivity index (χ4v) is 15.8. The molecular weight excluding hydrogens is 1430 g/mol. The number of piperidine rings is 2. The number of halogens is 6. The first-order valence-electron chi connectivity index (χ1n) is 26.0. The first kappa shape index (κ1) is 73.0. The van der Waals surface area contributed by atoms with Crippen LogP contribution in [0, 0.1) is 0 Å². The molecule has 93 heavy (non-hydrogen) atoms. The zero-order valence-corrected chi connectivity index (χ0v) is 55.6. The average Bonchev–Trinajstić information content (AvgIpc) is 1.68. The number of alkyl halides is 6. The lowest BCUT2D eigenvalue weighted by atomic mass is 10.1. The van der Waals surface area contributed by atoms with Crippen molar-refractivity contribution < 1.29 is 94.1 Å². The first-order chi connectivity index (χ1) is 43.2. The highest BCUT2D eigenvalue weighted by Crippen LogP contribution is 2.44. The third-order valence-corrected chi connectivity index (χ3v) is 22.2. The van der Waals surface area contributed by atoms with Crippen molar-refractivity contribution in [3.8, 4) is 17.5 Å². The number of thioether (sulfide) groups is 1. The number of hydrogen-bond acceptors (Lipinski definition) is 30. The van der Waals surface area contributed by atoms with Gasteiger partial charge in [0.25, 0.3) is 23.6 Å². The molecule has 2 aliphatic heterocycles. The molecule has 0 bridgehead atoms. The number of hydrogen-bond donors (Lipinski definition) is 10. The molecule has 10 heterocycles. The van der Waals surface area contributed by atoms with E-state index in [4.69, 9.17) is 50.6 Å². The van der Waals surface area contributed by atoms with Crippen molar-refractivity contribution in [1.82, 2.24) is 19.9 Å². The van der Waals surface area contributed by atoms with E-state index < -0.39 is 88.2 Å². The lowest BCUT2D eigenvalue weighted by Gasteiger charge is -2.30. The molecule has 8 aromatic heterocycles. The van der Waals surface area contributed by atoms with Crippen LogP contribution in [0.15, 0.2) is 39.0 Å². The van der Waals surface area contributed by atoms with Crippen molar-refractivity contribution in [2.75, 3.05) is 84.3 Å². The zero-order chi connectivity index (χ0) is 69.3. The number of nitrogens with two attached hydrogens (primary N) is 8. The van der Waals surface area contributed by atoms with E-state index in [-0.39, 0.29) is 63.8 Å². The number of thiophene rings is 4. The van der Waals surface area contributed by atoms with Crippen LogP contribution in [0.25, 0.3) is 40.9 Å². The van der Waals surface area contributed by atoms with E-state index in [0.29, 0.717) is 114 Å². The molecule has 0 aliphatic carbocycles. The van der Waals surface area contributed by atoms with Crippen LogP contribution in [0.4, 0.5) is 60.7 Å². The Hall–Kier alpha value is -7.43. The number of amides is 4. The minimum Gasteiger partial charge on any atom is -0.493 e. The van der Waals surface area contributed by atoms with Crippen molar-refractivity contribution in [2.24, 2.45) is 22.9 Å². The average molecular weight is 1480 g/mol. The van der Waals surface area contributed by atoms with Crippen LogP contribution in [0.5, 0.6) is 17.5 Å². The van der Waals surface area contributed by atoms with E-state index in [1.165, 1.54) is 17.6 Å². The number of nitrogens with zero attached hydrogens (tertiary/aromatic N) is 6. The highest BCUT2D eigenvalue weighted by Gasteiger charge is 2.50. The Balaban J connectivity index is 0.000000176. The normalized spacial score (nSPS) is 15.0. The molecule has 0 saturated carbocycles. The second kappa shape index (κ2) is 28.7. The Labute approximate surface area is 547 Å². The Morgan fingerprint density at radius 3 is 1.25 bits per heavy atom. The van der Waals surface area contributed by atoms with Gasteiger partial charge in [0.2, 0.25) is 11.8 Å². The second-order valence-corrected chi connectivity index (χ2v) is 30.0. The predicted molar refractivity (Wildman–Crippen MR) is 344 cm³/mol. The Morgan fingerprint density at radius 2 is 0.892 bits per heavy atom. The third-order valence-electron chi connectivity index (χ3n) is 13.1. The van der Waals surface area contributed by atoms with Crippen molar-refractivity contribution >= 4 is 198 Å². The number of fused-ring (bicyclic) bond motifs is 4. The summed E-state index contributed by atoms with van der Waals surface area (Å²) in [6, 6.07) is 5.33. The molecule has 44 heteroatoms. The van der Waals surface area contributed by atoms with Crippen LogP contribution in [0.2, 0.25) is 0 Å². The number of aliphatic hydroxyl groups is 2. The molecule has 10 rings (SSSR count). The predicted octanol–water partition coefficient (Wildman–Crippen LogP) is 4.88. The fraction of sp³-hybridized carbons (Fsp3) is 0.347. The monoisotopic (exact) mass is 1480 g/mol. The topological polar surface area (TPSA) is 505 Å². The second-order valence-electron chi connectivity index (χ2n) is 19.4. The van der Waals surface area contributed by atoms with Crippen LogP contribution in [0.1, 0.15) is 71.3 Å². The third kappa shape index (κ3) is 16.0. The van der Waals surface area contributed by atoms with E-state index >= 15 is 0 Å². The maximum atomic E-state index is 12.4. The van der Waals surface area contributed by atoms with Gasteiger partial charge in [0.15, 0.2) is 0 Å². The number of carbonyl (C=O) groups is 4. The molecule has 2 saturated heterocycles. The minimum absolute atomic E-state index is 0.0274. The maximum absolute atomic E-state index is 12.4. The maximum Gasteiger partial charge on any atom is 0.534 e. The van der Waals surface area contributed by atoms with E-state index in [0.717, 1.165) is 65.5 Å². The number of nitrogen functional groups attached to an aromatic ring is 4. The van der Waals surface area contributed by atoms with Crippen LogP contribution in [0.3, 0.4) is 0 Å². The molecule has 0 aromatic carbocycles. The summed E-state index contributed by atoms with van der Waals surface area (Å²) < 4.78 is 156. The number of primary amides is 4. The summed E-state index contributed by atoms with van der Waals surface area (Å²) in [7, 11) is -14.9. The highest BCUT2D eigenvalue weighted by atomic mass is 32.2. The molecule has 2 atom stereocenters. The van der Waals surface area contributed by atoms with Crippen LogP contribution >= 0.6 is 57.1 Å². The molecule has 2 fully saturated rings. The lowest BCUT2D eigenvalue weighted by molar-refractivity contribution is -0.0506. The molecule has 8 aromatic rings. The summed E-state index contributed by atoms with van der Waals surface area (Å²) in [5.41, 5.74) is 33.8. The van der Waals surface area contributed by atoms with Crippen LogP contribution < -0.4 is 68.8 Å². The van der Waals surface area contributed by atoms with Gasteiger partial charge in [-0.15, -0.1) is 57.1 Å². The van der Waals surface area contributed by atoms with Crippen molar-refractivity contribution in [3.63, 3.8) is 0 Å². The van der Waals surface area contributed by atoms with Gasteiger partial charge in [0.1, 0.15) is 56.2 Å². The van der Waals surface area contributed by atoms with Gasteiger partial charge in [-0.1, -0.05) is 0 Å². The van der Waals surface area contributed by atoms with Crippen molar-refractivity contribution in [1.29, 1.82) is 0 Å². The quantitative estimate of drug-likeness (QED) is 0.0283. The van der Waals surface area contributed by atoms with Gasteiger partial charge in [-0.3, -0.25) is 27.6 Å². The SMILES string of the molecule is CCOc1cc(N2CCC(O)CC2)nc2sc(C(N)=O)c(N)c12.CS(=O)c1cc(N2CCC(O)CC2)nc2sc(C(N)=O)c(N)c12.CS(=O)c1cc(OS(=O)(=O)C(F)(F)F)nc2sc(C(N)=O)c(N)c12.CSc1cc(OS(=O)(=O)C(F)(F)F)nc2sc(C(N)=O)c(N)c12. The molecule has 29 nitrogen and oxygen atoms in total. The molecule has 506 valence electrons. The summed E-state index contributed by atoms with van der Waals surface area (Å²) in [5, 5.41) is 20.8. The Kier molecular flexibility index (Phi) is 22.5. The van der Waals surface area contributed by atoms with Gasteiger partial charge in [-0.25, -0.2) is 19.9 Å². The zero-order valence-electron chi connectivity index (χ0n) is 48.3. The first-order valence-corrected chi connectivity index (χ1v) is 36.5. The summed E-state index contributed by atoms with van der Waals surface area (Å²) in [4.78, 5) is 68.4. The van der Waals surface area contributed by atoms with Crippen molar-refractivity contribution in [3.05, 3.63) is 43.8 Å².